The van der Waals surface area contributed by atoms with Crippen molar-refractivity contribution in [1.82, 2.24) is 10.2 Å². The maximum Gasteiger partial charge on any atom is 0.317 e. The van der Waals surface area contributed by atoms with Gasteiger partial charge in [0.2, 0.25) is 0 Å². The Labute approximate surface area is 105 Å². The van der Waals surface area contributed by atoms with E-state index in [1.165, 1.54) is 0 Å². The maximum atomic E-state index is 11.6. The van der Waals surface area contributed by atoms with Crippen LogP contribution in [-0.2, 0) is 6.54 Å². The lowest BCUT2D eigenvalue weighted by molar-refractivity contribution is 0.207. The number of hydrogen-bond acceptors (Lipinski definition) is 1. The van der Waals surface area contributed by atoms with Crippen molar-refractivity contribution in [1.29, 1.82) is 0 Å². The average Bonchev–Trinajstić information content (AvgIpc) is 2.28. The zero-order valence-corrected chi connectivity index (χ0v) is 11.3. The maximum absolute atomic E-state index is 11.6. The molecule has 0 fully saturated rings. The van der Waals surface area contributed by atoms with Crippen LogP contribution < -0.4 is 5.32 Å². The predicted octanol–water partition coefficient (Wildman–Crippen LogP) is 3.00. The van der Waals surface area contributed by atoms with Crippen LogP contribution in [0.3, 0.4) is 0 Å². The number of carbonyl (C=O) groups is 1. The van der Waals surface area contributed by atoms with Crippen molar-refractivity contribution in [3.63, 3.8) is 0 Å². The number of nitrogens with zero attached hydrogens (tertiary/aromatic N) is 1. The summed E-state index contributed by atoms with van der Waals surface area (Å²) in [6.45, 7) is 3.37. The molecule has 1 rings (SSSR count). The van der Waals surface area contributed by atoms with Gasteiger partial charge in [-0.05, 0) is 18.1 Å². The molecule has 0 saturated heterocycles. The van der Waals surface area contributed by atoms with Gasteiger partial charge >= 0.3 is 6.03 Å². The molecule has 16 heavy (non-hydrogen) atoms. The summed E-state index contributed by atoms with van der Waals surface area (Å²) in [5.41, 5.74) is 1.11. The molecule has 3 nitrogen and oxygen atoms in total. The molecule has 0 aliphatic heterocycles. The monoisotopic (exact) mass is 284 g/mol. The molecule has 0 aromatic heterocycles. The van der Waals surface area contributed by atoms with Crippen molar-refractivity contribution < 1.29 is 4.79 Å². The SMILES string of the molecule is CCCNC(=O)N(C)Cc1ccccc1Br. The van der Waals surface area contributed by atoms with Crippen LogP contribution in [0.4, 0.5) is 4.79 Å². The van der Waals surface area contributed by atoms with E-state index in [1.807, 2.05) is 31.2 Å². The van der Waals surface area contributed by atoms with Crippen LogP contribution in [0, 0.1) is 0 Å². The zero-order chi connectivity index (χ0) is 12.0. The lowest BCUT2D eigenvalue weighted by Gasteiger charge is -2.18. The van der Waals surface area contributed by atoms with E-state index in [0.717, 1.165) is 23.0 Å². The molecule has 0 aliphatic rings. The van der Waals surface area contributed by atoms with Gasteiger partial charge in [0.25, 0.3) is 0 Å². The van der Waals surface area contributed by atoms with Gasteiger partial charge in [0, 0.05) is 24.6 Å². The second kappa shape index (κ2) is 6.53. The van der Waals surface area contributed by atoms with E-state index in [2.05, 4.69) is 21.2 Å². The highest BCUT2D eigenvalue weighted by molar-refractivity contribution is 9.10. The molecule has 1 N–H and O–H groups in total. The average molecular weight is 285 g/mol. The Balaban J connectivity index is 2.54. The van der Waals surface area contributed by atoms with Crippen molar-refractivity contribution in [2.45, 2.75) is 19.9 Å². The van der Waals surface area contributed by atoms with Crippen LogP contribution in [-0.4, -0.2) is 24.5 Å². The van der Waals surface area contributed by atoms with Gasteiger partial charge in [0.1, 0.15) is 0 Å². The Morgan fingerprint density at radius 1 is 1.44 bits per heavy atom. The fourth-order valence-corrected chi connectivity index (χ4v) is 1.73. The highest BCUT2D eigenvalue weighted by atomic mass is 79.9. The molecule has 0 unspecified atom stereocenters. The van der Waals surface area contributed by atoms with Gasteiger partial charge in [-0.1, -0.05) is 41.1 Å². The van der Waals surface area contributed by atoms with E-state index >= 15 is 0 Å². The lowest BCUT2D eigenvalue weighted by Crippen LogP contribution is -2.37. The fraction of sp³-hybridized carbons (Fsp3) is 0.417. The number of hydrogen-bond donors (Lipinski definition) is 1. The molecular weight excluding hydrogens is 268 g/mol. The number of urea groups is 1. The third-order valence-corrected chi connectivity index (χ3v) is 3.01. The van der Waals surface area contributed by atoms with Crippen molar-refractivity contribution in [2.24, 2.45) is 0 Å². The molecule has 0 saturated carbocycles. The number of nitrogens with one attached hydrogen (secondary N) is 1. The van der Waals surface area contributed by atoms with Gasteiger partial charge in [-0.15, -0.1) is 0 Å². The third kappa shape index (κ3) is 3.85. The van der Waals surface area contributed by atoms with Crippen molar-refractivity contribution in [2.75, 3.05) is 13.6 Å². The number of benzene rings is 1. The molecule has 1 aromatic rings. The van der Waals surface area contributed by atoms with Gasteiger partial charge < -0.3 is 10.2 Å². The quantitative estimate of drug-likeness (QED) is 0.906. The molecule has 0 heterocycles. The first-order valence-corrected chi connectivity index (χ1v) is 6.16. The number of rotatable bonds is 4. The molecule has 0 aliphatic carbocycles. The van der Waals surface area contributed by atoms with E-state index in [-0.39, 0.29) is 6.03 Å². The smallest absolute Gasteiger partial charge is 0.317 e. The van der Waals surface area contributed by atoms with Gasteiger partial charge in [-0.3, -0.25) is 0 Å². The van der Waals surface area contributed by atoms with Gasteiger partial charge in [0.05, 0.1) is 0 Å². The Hall–Kier alpha value is -1.03. The van der Waals surface area contributed by atoms with Crippen LogP contribution in [0.5, 0.6) is 0 Å². The van der Waals surface area contributed by atoms with Gasteiger partial charge in [-0.2, -0.15) is 0 Å². The summed E-state index contributed by atoms with van der Waals surface area (Å²) in [6.07, 6.45) is 0.953. The lowest BCUT2D eigenvalue weighted by atomic mass is 10.2. The summed E-state index contributed by atoms with van der Waals surface area (Å²) in [5.74, 6) is 0. The fourth-order valence-electron chi connectivity index (χ4n) is 1.32. The molecule has 2 amide bonds. The Morgan fingerprint density at radius 3 is 2.75 bits per heavy atom. The minimum atomic E-state index is -0.0300. The van der Waals surface area contributed by atoms with Crippen LogP contribution in [0.2, 0.25) is 0 Å². The van der Waals surface area contributed by atoms with Crippen molar-refractivity contribution in [3.05, 3.63) is 34.3 Å². The minimum absolute atomic E-state index is 0.0300. The standard InChI is InChI=1S/C12H17BrN2O/c1-3-8-14-12(16)15(2)9-10-6-4-5-7-11(10)13/h4-7H,3,8-9H2,1-2H3,(H,14,16). The number of amides is 2. The van der Waals surface area contributed by atoms with Crippen LogP contribution in [0.15, 0.2) is 28.7 Å². The second-order valence-electron chi connectivity index (χ2n) is 3.68. The molecular formula is C12H17BrN2O. The molecule has 0 bridgehead atoms. The largest absolute Gasteiger partial charge is 0.338 e. The summed E-state index contributed by atoms with van der Waals surface area (Å²) in [7, 11) is 1.80. The van der Waals surface area contributed by atoms with Crippen LogP contribution in [0.25, 0.3) is 0 Å². The number of carbonyl (C=O) groups excluding carboxylic acids is 1. The predicted molar refractivity (Wildman–Crippen MR) is 69.3 cm³/mol. The van der Waals surface area contributed by atoms with E-state index in [9.17, 15) is 4.79 Å². The van der Waals surface area contributed by atoms with E-state index in [4.69, 9.17) is 0 Å². The minimum Gasteiger partial charge on any atom is -0.338 e. The van der Waals surface area contributed by atoms with Gasteiger partial charge in [0.15, 0.2) is 0 Å². The first-order valence-electron chi connectivity index (χ1n) is 5.37. The van der Waals surface area contributed by atoms with Crippen molar-refractivity contribution >= 4 is 22.0 Å². The van der Waals surface area contributed by atoms with Crippen LogP contribution in [0.1, 0.15) is 18.9 Å². The highest BCUT2D eigenvalue weighted by Gasteiger charge is 2.09. The molecule has 0 spiro atoms. The Bertz CT molecular complexity index is 355. The highest BCUT2D eigenvalue weighted by Crippen LogP contribution is 2.17. The van der Waals surface area contributed by atoms with E-state index in [1.54, 1.807) is 11.9 Å². The number of halogens is 1. The normalized spacial score (nSPS) is 9.94. The third-order valence-electron chi connectivity index (χ3n) is 2.24. The summed E-state index contributed by atoms with van der Waals surface area (Å²) in [6, 6.07) is 7.89. The van der Waals surface area contributed by atoms with Crippen molar-refractivity contribution in [3.8, 4) is 0 Å². The summed E-state index contributed by atoms with van der Waals surface area (Å²) < 4.78 is 1.03. The van der Waals surface area contributed by atoms with E-state index in [0.29, 0.717) is 6.54 Å². The molecule has 1 aromatic carbocycles. The topological polar surface area (TPSA) is 32.3 Å². The molecule has 4 heteroatoms. The summed E-state index contributed by atoms with van der Waals surface area (Å²) in [5, 5.41) is 2.84. The van der Waals surface area contributed by atoms with Gasteiger partial charge in [-0.25, -0.2) is 4.79 Å². The first-order chi connectivity index (χ1) is 7.65. The summed E-state index contributed by atoms with van der Waals surface area (Å²) in [4.78, 5) is 13.3. The van der Waals surface area contributed by atoms with E-state index < -0.39 is 0 Å². The Morgan fingerprint density at radius 2 is 2.12 bits per heavy atom. The van der Waals surface area contributed by atoms with Crippen LogP contribution >= 0.6 is 15.9 Å². The molecule has 88 valence electrons. The summed E-state index contributed by atoms with van der Waals surface area (Å²) >= 11 is 3.47. The first kappa shape index (κ1) is 13.0. The molecule has 0 radical (unpaired) electrons. The Kier molecular flexibility index (Phi) is 5.32. The zero-order valence-electron chi connectivity index (χ0n) is 9.66. The second-order valence-corrected chi connectivity index (χ2v) is 4.53. The molecule has 0 atom stereocenters.